The van der Waals surface area contributed by atoms with Crippen molar-refractivity contribution in [3.63, 3.8) is 0 Å². The standard InChI is InChI=1S/C17H21NO2/c1-12-3-7-17(20-12)11-18-15-6-4-13-5-8-16(19-2)10-14(13)9-15/h3,5,7-8,10,15,18H,4,6,9,11H2,1-2H3. The van der Waals surface area contributed by atoms with Crippen molar-refractivity contribution in [2.24, 2.45) is 0 Å². The first kappa shape index (κ1) is 13.3. The highest BCUT2D eigenvalue weighted by Crippen LogP contribution is 2.25. The van der Waals surface area contributed by atoms with Crippen molar-refractivity contribution in [1.82, 2.24) is 5.32 Å². The molecule has 1 aromatic carbocycles. The monoisotopic (exact) mass is 271 g/mol. The van der Waals surface area contributed by atoms with Crippen LogP contribution in [0.25, 0.3) is 0 Å². The molecule has 1 aliphatic rings. The van der Waals surface area contributed by atoms with Gasteiger partial charge in [0.2, 0.25) is 0 Å². The predicted molar refractivity (Wildman–Crippen MR) is 79.1 cm³/mol. The Balaban J connectivity index is 1.62. The van der Waals surface area contributed by atoms with E-state index in [9.17, 15) is 0 Å². The number of methoxy groups -OCH3 is 1. The Hall–Kier alpha value is -1.74. The Labute approximate surface area is 119 Å². The summed E-state index contributed by atoms with van der Waals surface area (Å²) >= 11 is 0. The lowest BCUT2D eigenvalue weighted by Crippen LogP contribution is -2.34. The third-order valence-electron chi connectivity index (χ3n) is 4.00. The maximum absolute atomic E-state index is 5.60. The van der Waals surface area contributed by atoms with Crippen molar-refractivity contribution in [1.29, 1.82) is 0 Å². The Kier molecular flexibility index (Phi) is 3.79. The topological polar surface area (TPSA) is 34.4 Å². The Bertz CT molecular complexity index is 588. The van der Waals surface area contributed by atoms with Gasteiger partial charge in [0.1, 0.15) is 17.3 Å². The summed E-state index contributed by atoms with van der Waals surface area (Å²) in [6, 6.07) is 11.0. The van der Waals surface area contributed by atoms with Crippen LogP contribution in [0.15, 0.2) is 34.7 Å². The van der Waals surface area contributed by atoms with Crippen LogP contribution < -0.4 is 10.1 Å². The first-order valence-corrected chi connectivity index (χ1v) is 7.19. The highest BCUT2D eigenvalue weighted by Gasteiger charge is 2.19. The van der Waals surface area contributed by atoms with E-state index in [2.05, 4.69) is 23.5 Å². The van der Waals surface area contributed by atoms with Crippen LogP contribution in [0.5, 0.6) is 5.75 Å². The molecule has 0 aliphatic heterocycles. The van der Waals surface area contributed by atoms with Crippen LogP contribution in [0.3, 0.4) is 0 Å². The summed E-state index contributed by atoms with van der Waals surface area (Å²) in [7, 11) is 1.72. The number of ether oxygens (including phenoxy) is 1. The highest BCUT2D eigenvalue weighted by molar-refractivity contribution is 5.37. The minimum Gasteiger partial charge on any atom is -0.497 e. The molecule has 3 heteroatoms. The summed E-state index contributed by atoms with van der Waals surface area (Å²) < 4.78 is 10.9. The SMILES string of the molecule is COc1ccc2c(c1)CC(NCc1ccc(C)o1)CC2. The van der Waals surface area contributed by atoms with Crippen LogP contribution in [0.1, 0.15) is 29.1 Å². The van der Waals surface area contributed by atoms with E-state index in [4.69, 9.17) is 9.15 Å². The number of hydrogen-bond donors (Lipinski definition) is 1. The van der Waals surface area contributed by atoms with E-state index in [0.717, 1.165) is 36.7 Å². The molecule has 1 N–H and O–H groups in total. The molecule has 0 spiro atoms. The molecule has 3 nitrogen and oxygen atoms in total. The summed E-state index contributed by atoms with van der Waals surface area (Å²) in [6.45, 7) is 2.78. The van der Waals surface area contributed by atoms with Gasteiger partial charge < -0.3 is 14.5 Å². The first-order chi connectivity index (χ1) is 9.74. The average molecular weight is 271 g/mol. The Morgan fingerprint density at radius 3 is 2.90 bits per heavy atom. The minimum absolute atomic E-state index is 0.514. The lowest BCUT2D eigenvalue weighted by molar-refractivity contribution is 0.401. The van der Waals surface area contributed by atoms with E-state index in [1.807, 2.05) is 19.1 Å². The van der Waals surface area contributed by atoms with Crippen LogP contribution in [0, 0.1) is 6.92 Å². The van der Waals surface area contributed by atoms with Crippen LogP contribution in [0.4, 0.5) is 0 Å². The van der Waals surface area contributed by atoms with E-state index < -0.39 is 0 Å². The third kappa shape index (κ3) is 2.88. The molecule has 106 valence electrons. The highest BCUT2D eigenvalue weighted by atomic mass is 16.5. The van der Waals surface area contributed by atoms with Crippen molar-refractivity contribution in [3.05, 3.63) is 53.0 Å². The van der Waals surface area contributed by atoms with Crippen molar-refractivity contribution in [3.8, 4) is 5.75 Å². The van der Waals surface area contributed by atoms with Gasteiger partial charge >= 0.3 is 0 Å². The summed E-state index contributed by atoms with van der Waals surface area (Å²) in [4.78, 5) is 0. The maximum atomic E-state index is 5.60. The van der Waals surface area contributed by atoms with E-state index in [-0.39, 0.29) is 0 Å². The van der Waals surface area contributed by atoms with Gasteiger partial charge in [-0.25, -0.2) is 0 Å². The van der Waals surface area contributed by atoms with Crippen LogP contribution in [0.2, 0.25) is 0 Å². The van der Waals surface area contributed by atoms with E-state index in [1.54, 1.807) is 7.11 Å². The van der Waals surface area contributed by atoms with E-state index >= 15 is 0 Å². The summed E-state index contributed by atoms with van der Waals surface area (Å²) in [6.07, 6.45) is 3.37. The lowest BCUT2D eigenvalue weighted by Gasteiger charge is -2.25. The minimum atomic E-state index is 0.514. The second-order valence-corrected chi connectivity index (χ2v) is 5.47. The van der Waals surface area contributed by atoms with E-state index in [1.165, 1.54) is 17.5 Å². The molecule has 1 unspecified atom stereocenters. The van der Waals surface area contributed by atoms with Crippen molar-refractivity contribution < 1.29 is 9.15 Å². The average Bonchev–Trinajstić information content (AvgIpc) is 2.90. The van der Waals surface area contributed by atoms with Gasteiger partial charge in [0.25, 0.3) is 0 Å². The van der Waals surface area contributed by atoms with Gasteiger partial charge in [0.15, 0.2) is 0 Å². The molecule has 0 bridgehead atoms. The number of nitrogens with one attached hydrogen (secondary N) is 1. The van der Waals surface area contributed by atoms with Gasteiger partial charge in [-0.05, 0) is 61.6 Å². The van der Waals surface area contributed by atoms with Crippen molar-refractivity contribution in [2.75, 3.05) is 7.11 Å². The summed E-state index contributed by atoms with van der Waals surface area (Å²) in [5, 5.41) is 3.60. The normalized spacial score (nSPS) is 17.8. The van der Waals surface area contributed by atoms with Gasteiger partial charge in [-0.1, -0.05) is 6.07 Å². The number of rotatable bonds is 4. The molecule has 0 radical (unpaired) electrons. The van der Waals surface area contributed by atoms with Gasteiger partial charge in [-0.3, -0.25) is 0 Å². The molecule has 1 aliphatic carbocycles. The Morgan fingerprint density at radius 1 is 1.25 bits per heavy atom. The lowest BCUT2D eigenvalue weighted by atomic mass is 9.88. The van der Waals surface area contributed by atoms with Crippen LogP contribution in [-0.2, 0) is 19.4 Å². The first-order valence-electron chi connectivity index (χ1n) is 7.19. The molecular weight excluding hydrogens is 250 g/mol. The second kappa shape index (κ2) is 5.71. The molecule has 1 atom stereocenters. The molecule has 0 saturated carbocycles. The quantitative estimate of drug-likeness (QED) is 0.927. The summed E-state index contributed by atoms with van der Waals surface area (Å²) in [5.41, 5.74) is 2.86. The molecule has 0 amide bonds. The molecule has 0 saturated heterocycles. The molecule has 1 heterocycles. The zero-order valence-electron chi connectivity index (χ0n) is 12.1. The summed E-state index contributed by atoms with van der Waals surface area (Å²) in [5.74, 6) is 2.94. The van der Waals surface area contributed by atoms with Gasteiger partial charge in [0.05, 0.1) is 13.7 Å². The van der Waals surface area contributed by atoms with Crippen LogP contribution >= 0.6 is 0 Å². The smallest absolute Gasteiger partial charge is 0.119 e. The van der Waals surface area contributed by atoms with Crippen molar-refractivity contribution >= 4 is 0 Å². The number of furan rings is 1. The van der Waals surface area contributed by atoms with Gasteiger partial charge in [0, 0.05) is 6.04 Å². The fourth-order valence-electron chi connectivity index (χ4n) is 2.86. The van der Waals surface area contributed by atoms with Gasteiger partial charge in [-0.2, -0.15) is 0 Å². The Morgan fingerprint density at radius 2 is 2.15 bits per heavy atom. The number of hydrogen-bond acceptors (Lipinski definition) is 3. The molecule has 1 aromatic heterocycles. The number of aryl methyl sites for hydroxylation is 2. The molecule has 0 fully saturated rings. The zero-order chi connectivity index (χ0) is 13.9. The fraction of sp³-hybridized carbons (Fsp3) is 0.412. The predicted octanol–water partition coefficient (Wildman–Crippen LogP) is 3.24. The number of benzene rings is 1. The zero-order valence-corrected chi connectivity index (χ0v) is 12.1. The molecule has 20 heavy (non-hydrogen) atoms. The third-order valence-corrected chi connectivity index (χ3v) is 4.00. The number of fused-ring (bicyclic) bond motifs is 1. The molecular formula is C17H21NO2. The van der Waals surface area contributed by atoms with Crippen molar-refractivity contribution in [2.45, 2.75) is 38.8 Å². The molecule has 2 aromatic rings. The van der Waals surface area contributed by atoms with Gasteiger partial charge in [-0.15, -0.1) is 0 Å². The second-order valence-electron chi connectivity index (χ2n) is 5.47. The van der Waals surface area contributed by atoms with E-state index in [0.29, 0.717) is 6.04 Å². The fourth-order valence-corrected chi connectivity index (χ4v) is 2.86. The van der Waals surface area contributed by atoms with Crippen LogP contribution in [-0.4, -0.2) is 13.2 Å². The maximum Gasteiger partial charge on any atom is 0.119 e. The molecule has 3 rings (SSSR count). The largest absolute Gasteiger partial charge is 0.497 e.